The van der Waals surface area contributed by atoms with E-state index >= 15 is 0 Å². The molecule has 0 amide bonds. The molecule has 0 aromatic heterocycles. The van der Waals surface area contributed by atoms with Gasteiger partial charge >= 0.3 is 5.97 Å². The third-order valence-corrected chi connectivity index (χ3v) is 2.34. The Balaban J connectivity index is 2.77. The van der Waals surface area contributed by atoms with Gasteiger partial charge < -0.3 is 9.84 Å². The van der Waals surface area contributed by atoms with Crippen LogP contribution < -0.4 is 4.74 Å². The zero-order valence-electron chi connectivity index (χ0n) is 8.70. The molecule has 1 N–H and O–H groups in total. The van der Waals surface area contributed by atoms with Crippen molar-refractivity contribution in [1.29, 1.82) is 0 Å². The number of hydrogen-bond donors (Lipinski definition) is 1. The van der Waals surface area contributed by atoms with Crippen LogP contribution in [0.2, 0.25) is 5.02 Å². The largest absolute Gasteiger partial charge is 0.495 e. The first-order chi connectivity index (χ1) is 7.54. The van der Waals surface area contributed by atoms with Gasteiger partial charge in [0, 0.05) is 12.0 Å². The van der Waals surface area contributed by atoms with E-state index in [4.69, 9.17) is 21.4 Å². The van der Waals surface area contributed by atoms with E-state index in [0.717, 1.165) is 0 Å². The van der Waals surface area contributed by atoms with Crippen LogP contribution in [0.15, 0.2) is 18.2 Å². The van der Waals surface area contributed by atoms with Crippen LogP contribution in [0, 0.1) is 0 Å². The van der Waals surface area contributed by atoms with Gasteiger partial charge in [0.15, 0.2) is 5.78 Å². The minimum Gasteiger partial charge on any atom is -0.495 e. The van der Waals surface area contributed by atoms with E-state index in [2.05, 4.69) is 0 Å². The Morgan fingerprint density at radius 1 is 1.38 bits per heavy atom. The molecule has 5 heteroatoms. The summed E-state index contributed by atoms with van der Waals surface area (Å²) in [5.74, 6) is -0.753. The number of hydrogen-bond acceptors (Lipinski definition) is 3. The molecule has 0 fully saturated rings. The van der Waals surface area contributed by atoms with Crippen molar-refractivity contribution >= 4 is 23.4 Å². The molecule has 0 bridgehead atoms. The number of rotatable bonds is 5. The smallest absolute Gasteiger partial charge is 0.303 e. The number of carbonyl (C=O) groups is 2. The molecule has 0 unspecified atom stereocenters. The van der Waals surface area contributed by atoms with Gasteiger partial charge in [-0.25, -0.2) is 0 Å². The lowest BCUT2D eigenvalue weighted by molar-refractivity contribution is -0.136. The number of halogens is 1. The Kier molecular flexibility index (Phi) is 4.31. The average molecular weight is 243 g/mol. The highest BCUT2D eigenvalue weighted by atomic mass is 35.5. The Labute approximate surface area is 97.8 Å². The van der Waals surface area contributed by atoms with Gasteiger partial charge in [0.25, 0.3) is 0 Å². The highest BCUT2D eigenvalue weighted by Crippen LogP contribution is 2.25. The fourth-order valence-electron chi connectivity index (χ4n) is 1.20. The SMILES string of the molecule is COc1ccc(C(=O)CCC(=O)O)cc1Cl. The van der Waals surface area contributed by atoms with Crippen molar-refractivity contribution in [2.75, 3.05) is 7.11 Å². The van der Waals surface area contributed by atoms with Gasteiger partial charge in [-0.3, -0.25) is 9.59 Å². The first-order valence-corrected chi connectivity index (χ1v) is 5.01. The molecule has 1 aromatic carbocycles. The van der Waals surface area contributed by atoms with Crippen LogP contribution in [0.1, 0.15) is 23.2 Å². The zero-order valence-corrected chi connectivity index (χ0v) is 9.45. The summed E-state index contributed by atoms with van der Waals surface area (Å²) in [6.07, 6.45) is -0.208. The van der Waals surface area contributed by atoms with Crippen LogP contribution in [-0.4, -0.2) is 24.0 Å². The molecular formula is C11H11ClO4. The average Bonchev–Trinajstić information content (AvgIpc) is 2.25. The van der Waals surface area contributed by atoms with E-state index in [1.807, 2.05) is 0 Å². The summed E-state index contributed by atoms with van der Waals surface area (Å²) in [5, 5.41) is 8.78. The van der Waals surface area contributed by atoms with Gasteiger partial charge in [-0.05, 0) is 18.2 Å². The maximum Gasteiger partial charge on any atom is 0.303 e. The Morgan fingerprint density at radius 2 is 2.06 bits per heavy atom. The van der Waals surface area contributed by atoms with Crippen molar-refractivity contribution in [3.05, 3.63) is 28.8 Å². The van der Waals surface area contributed by atoms with Crippen LogP contribution in [0.25, 0.3) is 0 Å². The minimum atomic E-state index is -0.993. The molecule has 86 valence electrons. The van der Waals surface area contributed by atoms with Crippen LogP contribution in [0.3, 0.4) is 0 Å². The normalized spacial score (nSPS) is 9.88. The van der Waals surface area contributed by atoms with E-state index in [1.165, 1.54) is 13.2 Å². The molecule has 0 radical (unpaired) electrons. The second kappa shape index (κ2) is 5.51. The number of carbonyl (C=O) groups excluding carboxylic acids is 1. The number of carboxylic acids is 1. The van der Waals surface area contributed by atoms with Gasteiger partial charge in [-0.2, -0.15) is 0 Å². The third-order valence-electron chi connectivity index (χ3n) is 2.04. The number of ether oxygens (including phenoxy) is 1. The summed E-state index contributed by atoms with van der Waals surface area (Å²) < 4.78 is 4.94. The molecule has 0 heterocycles. The van der Waals surface area contributed by atoms with Crippen molar-refractivity contribution < 1.29 is 19.4 Å². The first kappa shape index (κ1) is 12.5. The fraction of sp³-hybridized carbons (Fsp3) is 0.273. The van der Waals surface area contributed by atoms with Crippen molar-refractivity contribution in [3.63, 3.8) is 0 Å². The predicted octanol–water partition coefficient (Wildman–Crippen LogP) is 2.40. The van der Waals surface area contributed by atoms with Crippen molar-refractivity contribution in [1.82, 2.24) is 0 Å². The molecule has 0 atom stereocenters. The van der Waals surface area contributed by atoms with Crippen LogP contribution >= 0.6 is 11.6 Å². The summed E-state index contributed by atoms with van der Waals surface area (Å²) in [4.78, 5) is 21.8. The first-order valence-electron chi connectivity index (χ1n) is 4.63. The number of benzene rings is 1. The molecule has 0 aliphatic heterocycles. The second-order valence-corrected chi connectivity index (χ2v) is 3.57. The molecule has 0 aliphatic carbocycles. The number of carboxylic acid groups (broad SMARTS) is 1. The number of aliphatic carboxylic acids is 1. The quantitative estimate of drug-likeness (QED) is 0.806. The summed E-state index contributed by atoms with van der Waals surface area (Å²) in [6.45, 7) is 0. The lowest BCUT2D eigenvalue weighted by Gasteiger charge is -2.04. The maximum atomic E-state index is 11.5. The number of Topliss-reactive ketones (excluding diaryl/α,β-unsaturated/α-hetero) is 1. The minimum absolute atomic E-state index is 0.0298. The Hall–Kier alpha value is -1.55. The fourth-order valence-corrected chi connectivity index (χ4v) is 1.46. The molecule has 0 saturated heterocycles. The summed E-state index contributed by atoms with van der Waals surface area (Å²) in [6, 6.07) is 4.62. The van der Waals surface area contributed by atoms with Gasteiger partial charge in [-0.1, -0.05) is 11.6 Å². The van der Waals surface area contributed by atoms with E-state index in [9.17, 15) is 9.59 Å². The number of methoxy groups -OCH3 is 1. The molecule has 0 saturated carbocycles. The van der Waals surface area contributed by atoms with Crippen molar-refractivity contribution in [3.8, 4) is 5.75 Å². The molecule has 1 aromatic rings. The van der Waals surface area contributed by atoms with Gasteiger partial charge in [0.2, 0.25) is 0 Å². The standard InChI is InChI=1S/C11H11ClO4/c1-16-10-4-2-7(6-8(10)12)9(13)3-5-11(14)15/h2,4,6H,3,5H2,1H3,(H,14,15). The third kappa shape index (κ3) is 3.24. The lowest BCUT2D eigenvalue weighted by Crippen LogP contribution is -2.03. The second-order valence-electron chi connectivity index (χ2n) is 3.17. The lowest BCUT2D eigenvalue weighted by atomic mass is 10.1. The maximum absolute atomic E-state index is 11.5. The van der Waals surface area contributed by atoms with Crippen LogP contribution in [0.5, 0.6) is 5.75 Å². The van der Waals surface area contributed by atoms with Crippen LogP contribution in [-0.2, 0) is 4.79 Å². The van der Waals surface area contributed by atoms with Gasteiger partial charge in [0.1, 0.15) is 5.75 Å². The zero-order chi connectivity index (χ0) is 12.1. The van der Waals surface area contributed by atoms with Crippen LogP contribution in [0.4, 0.5) is 0 Å². The summed E-state index contributed by atoms with van der Waals surface area (Å²) >= 11 is 5.84. The highest BCUT2D eigenvalue weighted by molar-refractivity contribution is 6.32. The van der Waals surface area contributed by atoms with E-state index in [1.54, 1.807) is 12.1 Å². The molecule has 4 nitrogen and oxygen atoms in total. The molecule has 1 rings (SSSR count). The molecule has 0 aliphatic rings. The monoisotopic (exact) mass is 242 g/mol. The summed E-state index contributed by atoms with van der Waals surface area (Å²) in [5.41, 5.74) is 0.395. The van der Waals surface area contributed by atoms with Crippen molar-refractivity contribution in [2.24, 2.45) is 0 Å². The predicted molar refractivity (Wildman–Crippen MR) is 59.2 cm³/mol. The number of ketones is 1. The Bertz CT molecular complexity index is 414. The van der Waals surface area contributed by atoms with E-state index < -0.39 is 5.97 Å². The molecular weight excluding hydrogens is 232 g/mol. The van der Waals surface area contributed by atoms with E-state index in [-0.39, 0.29) is 18.6 Å². The highest BCUT2D eigenvalue weighted by Gasteiger charge is 2.10. The van der Waals surface area contributed by atoms with Gasteiger partial charge in [0.05, 0.1) is 18.6 Å². The van der Waals surface area contributed by atoms with Gasteiger partial charge in [-0.15, -0.1) is 0 Å². The molecule has 16 heavy (non-hydrogen) atoms. The summed E-state index contributed by atoms with van der Waals surface area (Å²) in [7, 11) is 1.48. The topological polar surface area (TPSA) is 63.6 Å². The van der Waals surface area contributed by atoms with E-state index in [0.29, 0.717) is 16.3 Å². The molecule has 0 spiro atoms. The van der Waals surface area contributed by atoms with Crippen molar-refractivity contribution in [2.45, 2.75) is 12.8 Å². The Morgan fingerprint density at radius 3 is 2.56 bits per heavy atom.